The van der Waals surface area contributed by atoms with Crippen molar-refractivity contribution >= 4 is 0 Å². The lowest BCUT2D eigenvalue weighted by molar-refractivity contribution is 0.335. The molecule has 1 aromatic rings. The molecular weight excluding hydrogens is 190 g/mol. The summed E-state index contributed by atoms with van der Waals surface area (Å²) >= 11 is 0. The number of tetrazole rings is 1. The minimum Gasteiger partial charge on any atom is -0.311 e. The minimum absolute atomic E-state index is 0.234. The molecule has 1 unspecified atom stereocenters. The van der Waals surface area contributed by atoms with Crippen LogP contribution in [-0.4, -0.2) is 32.3 Å². The summed E-state index contributed by atoms with van der Waals surface area (Å²) in [5.74, 6) is 0.861. The summed E-state index contributed by atoms with van der Waals surface area (Å²) in [6.07, 6.45) is 5.81. The lowest BCUT2D eigenvalue weighted by atomic mass is 9.88. The van der Waals surface area contributed by atoms with E-state index in [1.807, 2.05) is 7.05 Å². The molecule has 0 amide bonds. The van der Waals surface area contributed by atoms with E-state index in [4.69, 9.17) is 0 Å². The van der Waals surface area contributed by atoms with Gasteiger partial charge in [0, 0.05) is 12.0 Å². The Morgan fingerprint density at radius 3 is 2.93 bits per heavy atom. The first-order valence-corrected chi connectivity index (χ1v) is 5.72. The van der Waals surface area contributed by atoms with Gasteiger partial charge in [0.15, 0.2) is 5.82 Å². The van der Waals surface area contributed by atoms with Crippen LogP contribution in [0.3, 0.4) is 0 Å². The topological polar surface area (TPSA) is 55.6 Å². The Balaban J connectivity index is 2.06. The molecule has 1 saturated heterocycles. The Labute approximate surface area is 90.2 Å². The van der Waals surface area contributed by atoms with Gasteiger partial charge in [0.05, 0.1) is 7.05 Å². The maximum atomic E-state index is 4.26. The Bertz CT molecular complexity index is 313. The van der Waals surface area contributed by atoms with Gasteiger partial charge in [-0.15, -0.1) is 10.2 Å². The SMILES string of the molecule is CCCC1(Cc2nnn(C)n2)CCCN1. The van der Waals surface area contributed by atoms with Crippen LogP contribution in [0.5, 0.6) is 0 Å². The molecule has 1 atom stereocenters. The Kier molecular flexibility index (Phi) is 3.00. The fourth-order valence-corrected chi connectivity index (χ4v) is 2.50. The molecule has 84 valence electrons. The van der Waals surface area contributed by atoms with Gasteiger partial charge in [0.25, 0.3) is 0 Å². The van der Waals surface area contributed by atoms with E-state index in [-0.39, 0.29) is 5.54 Å². The van der Waals surface area contributed by atoms with Crippen molar-refractivity contribution in [1.82, 2.24) is 25.5 Å². The summed E-state index contributed by atoms with van der Waals surface area (Å²) in [6, 6.07) is 0. The van der Waals surface area contributed by atoms with E-state index in [1.54, 1.807) is 0 Å². The average Bonchev–Trinajstić information content (AvgIpc) is 2.78. The normalized spacial score (nSPS) is 26.0. The van der Waals surface area contributed by atoms with E-state index in [1.165, 1.54) is 30.5 Å². The van der Waals surface area contributed by atoms with Gasteiger partial charge in [-0.05, 0) is 31.0 Å². The second kappa shape index (κ2) is 4.26. The first kappa shape index (κ1) is 10.5. The van der Waals surface area contributed by atoms with E-state index in [0.717, 1.165) is 18.8 Å². The van der Waals surface area contributed by atoms with Crippen molar-refractivity contribution in [2.75, 3.05) is 6.54 Å². The molecule has 1 aliphatic heterocycles. The summed E-state index contributed by atoms with van der Waals surface area (Å²) in [4.78, 5) is 1.53. The zero-order chi connectivity index (χ0) is 10.7. The molecule has 2 rings (SSSR count). The fourth-order valence-electron chi connectivity index (χ4n) is 2.50. The number of hydrogen-bond acceptors (Lipinski definition) is 4. The second-order valence-electron chi connectivity index (χ2n) is 4.43. The summed E-state index contributed by atoms with van der Waals surface area (Å²) in [5.41, 5.74) is 0.234. The second-order valence-corrected chi connectivity index (χ2v) is 4.43. The largest absolute Gasteiger partial charge is 0.311 e. The number of nitrogens with zero attached hydrogens (tertiary/aromatic N) is 4. The summed E-state index contributed by atoms with van der Waals surface area (Å²) in [7, 11) is 1.81. The predicted molar refractivity (Wildman–Crippen MR) is 57.4 cm³/mol. The standard InChI is InChI=1S/C10H19N5/c1-3-5-10(6-4-7-11-10)8-9-12-14-15(2)13-9/h11H,3-8H2,1-2H3. The third kappa shape index (κ3) is 2.34. The first-order chi connectivity index (χ1) is 7.24. The van der Waals surface area contributed by atoms with Gasteiger partial charge < -0.3 is 5.32 Å². The molecule has 0 aromatic carbocycles. The van der Waals surface area contributed by atoms with Crippen LogP contribution < -0.4 is 5.32 Å². The number of aromatic nitrogens is 4. The molecule has 0 saturated carbocycles. The van der Waals surface area contributed by atoms with Crippen molar-refractivity contribution in [3.63, 3.8) is 0 Å². The third-order valence-electron chi connectivity index (χ3n) is 3.11. The van der Waals surface area contributed by atoms with E-state index >= 15 is 0 Å². The molecule has 1 aromatic heterocycles. The lowest BCUT2D eigenvalue weighted by Gasteiger charge is -2.27. The zero-order valence-electron chi connectivity index (χ0n) is 9.53. The summed E-state index contributed by atoms with van der Waals surface area (Å²) in [6.45, 7) is 3.35. The summed E-state index contributed by atoms with van der Waals surface area (Å²) in [5, 5.41) is 15.8. The van der Waals surface area contributed by atoms with Crippen LogP contribution in [0, 0.1) is 0 Å². The molecule has 0 radical (unpaired) electrons. The van der Waals surface area contributed by atoms with Gasteiger partial charge in [-0.2, -0.15) is 4.80 Å². The van der Waals surface area contributed by atoms with E-state index in [2.05, 4.69) is 27.7 Å². The smallest absolute Gasteiger partial charge is 0.176 e. The van der Waals surface area contributed by atoms with Crippen molar-refractivity contribution in [3.05, 3.63) is 5.82 Å². The van der Waals surface area contributed by atoms with Crippen LogP contribution in [0.25, 0.3) is 0 Å². The lowest BCUT2D eigenvalue weighted by Crippen LogP contribution is -2.42. The van der Waals surface area contributed by atoms with Crippen molar-refractivity contribution in [2.24, 2.45) is 7.05 Å². The molecule has 0 aliphatic carbocycles. The molecule has 15 heavy (non-hydrogen) atoms. The van der Waals surface area contributed by atoms with Crippen molar-refractivity contribution in [3.8, 4) is 0 Å². The van der Waals surface area contributed by atoms with Crippen molar-refractivity contribution in [1.29, 1.82) is 0 Å². The highest BCUT2D eigenvalue weighted by atomic mass is 15.6. The molecule has 1 aliphatic rings. The Morgan fingerprint density at radius 2 is 2.40 bits per heavy atom. The van der Waals surface area contributed by atoms with Gasteiger partial charge in [-0.25, -0.2) is 0 Å². The van der Waals surface area contributed by atoms with Crippen LogP contribution in [0.1, 0.15) is 38.4 Å². The molecule has 5 heteroatoms. The predicted octanol–water partition coefficient (Wildman–Crippen LogP) is 0.675. The van der Waals surface area contributed by atoms with E-state index < -0.39 is 0 Å². The van der Waals surface area contributed by atoms with Crippen molar-refractivity contribution in [2.45, 2.75) is 44.6 Å². The maximum absolute atomic E-state index is 4.26. The van der Waals surface area contributed by atoms with Crippen molar-refractivity contribution < 1.29 is 0 Å². The quantitative estimate of drug-likeness (QED) is 0.792. The van der Waals surface area contributed by atoms with Gasteiger partial charge in [-0.3, -0.25) is 0 Å². The highest BCUT2D eigenvalue weighted by Crippen LogP contribution is 2.27. The van der Waals surface area contributed by atoms with Crippen LogP contribution in [0.4, 0.5) is 0 Å². The number of rotatable bonds is 4. The van der Waals surface area contributed by atoms with Crippen LogP contribution >= 0.6 is 0 Å². The van der Waals surface area contributed by atoms with Gasteiger partial charge in [0.2, 0.25) is 0 Å². The van der Waals surface area contributed by atoms with Gasteiger partial charge >= 0.3 is 0 Å². The Hall–Kier alpha value is -0.970. The van der Waals surface area contributed by atoms with E-state index in [9.17, 15) is 0 Å². The monoisotopic (exact) mass is 209 g/mol. The molecule has 0 spiro atoms. The highest BCUT2D eigenvalue weighted by molar-refractivity contribution is 4.99. The van der Waals surface area contributed by atoms with Crippen LogP contribution in [0.15, 0.2) is 0 Å². The molecule has 0 bridgehead atoms. The maximum Gasteiger partial charge on any atom is 0.176 e. The number of aryl methyl sites for hydroxylation is 1. The number of hydrogen-bond donors (Lipinski definition) is 1. The molecule has 1 N–H and O–H groups in total. The first-order valence-electron chi connectivity index (χ1n) is 5.72. The third-order valence-corrected chi connectivity index (χ3v) is 3.11. The van der Waals surface area contributed by atoms with Crippen LogP contribution in [-0.2, 0) is 13.5 Å². The molecule has 5 nitrogen and oxygen atoms in total. The Morgan fingerprint density at radius 1 is 1.53 bits per heavy atom. The molecule has 2 heterocycles. The van der Waals surface area contributed by atoms with Crippen LogP contribution in [0.2, 0.25) is 0 Å². The fraction of sp³-hybridized carbons (Fsp3) is 0.900. The molecule has 1 fully saturated rings. The summed E-state index contributed by atoms with van der Waals surface area (Å²) < 4.78 is 0. The molecular formula is C10H19N5. The van der Waals surface area contributed by atoms with E-state index in [0.29, 0.717) is 0 Å². The average molecular weight is 209 g/mol. The zero-order valence-corrected chi connectivity index (χ0v) is 9.53. The minimum atomic E-state index is 0.234. The number of nitrogens with one attached hydrogen (secondary N) is 1. The van der Waals surface area contributed by atoms with Gasteiger partial charge in [-0.1, -0.05) is 13.3 Å². The highest BCUT2D eigenvalue weighted by Gasteiger charge is 2.33. The van der Waals surface area contributed by atoms with Gasteiger partial charge in [0.1, 0.15) is 0 Å².